The zero-order valence-corrected chi connectivity index (χ0v) is 12.9. The SMILES string of the molecule is Cc1ccccc1OCC#CCNC(=O)C1CC(=O)N(C)C1. The third-order valence-electron chi connectivity index (χ3n) is 3.58. The van der Waals surface area contributed by atoms with Crippen LogP contribution in [0, 0.1) is 24.7 Å². The minimum Gasteiger partial charge on any atom is -0.481 e. The molecule has 0 bridgehead atoms. The van der Waals surface area contributed by atoms with Crippen molar-refractivity contribution in [3.63, 3.8) is 0 Å². The highest BCUT2D eigenvalue weighted by Gasteiger charge is 2.31. The minimum absolute atomic E-state index is 0.0119. The lowest BCUT2D eigenvalue weighted by atomic mass is 10.1. The van der Waals surface area contributed by atoms with Crippen molar-refractivity contribution in [1.29, 1.82) is 0 Å². The van der Waals surface area contributed by atoms with Crippen molar-refractivity contribution >= 4 is 11.8 Å². The van der Waals surface area contributed by atoms with Gasteiger partial charge in [-0.25, -0.2) is 0 Å². The number of benzene rings is 1. The summed E-state index contributed by atoms with van der Waals surface area (Å²) >= 11 is 0. The second-order valence-electron chi connectivity index (χ2n) is 5.30. The summed E-state index contributed by atoms with van der Waals surface area (Å²) < 4.78 is 5.53. The van der Waals surface area contributed by atoms with E-state index in [-0.39, 0.29) is 37.3 Å². The lowest BCUT2D eigenvalue weighted by Crippen LogP contribution is -2.32. The van der Waals surface area contributed by atoms with Crippen LogP contribution < -0.4 is 10.1 Å². The second-order valence-corrected chi connectivity index (χ2v) is 5.30. The van der Waals surface area contributed by atoms with Gasteiger partial charge >= 0.3 is 0 Å². The topological polar surface area (TPSA) is 58.6 Å². The fraction of sp³-hybridized carbons (Fsp3) is 0.412. The Labute approximate surface area is 130 Å². The number of hydrogen-bond donors (Lipinski definition) is 1. The van der Waals surface area contributed by atoms with Gasteiger partial charge in [0.2, 0.25) is 11.8 Å². The van der Waals surface area contributed by atoms with Crippen molar-refractivity contribution in [2.75, 3.05) is 26.7 Å². The van der Waals surface area contributed by atoms with Gasteiger partial charge in [-0.05, 0) is 18.6 Å². The molecule has 1 atom stereocenters. The third kappa shape index (κ3) is 4.26. The van der Waals surface area contributed by atoms with E-state index >= 15 is 0 Å². The lowest BCUT2D eigenvalue weighted by molar-refractivity contribution is -0.128. The van der Waals surface area contributed by atoms with Gasteiger partial charge in [0, 0.05) is 20.0 Å². The Morgan fingerprint density at radius 1 is 1.41 bits per heavy atom. The van der Waals surface area contributed by atoms with Crippen LogP contribution in [0.15, 0.2) is 24.3 Å². The standard InChI is InChI=1S/C17H20N2O3/c1-13-7-3-4-8-15(13)22-10-6-5-9-18-17(21)14-11-16(20)19(2)12-14/h3-4,7-8,14H,9-12H2,1-2H3,(H,18,21). The van der Waals surface area contributed by atoms with Crippen molar-refractivity contribution in [2.45, 2.75) is 13.3 Å². The molecule has 1 N–H and O–H groups in total. The summed E-state index contributed by atoms with van der Waals surface area (Å²) in [7, 11) is 1.71. The summed E-state index contributed by atoms with van der Waals surface area (Å²) in [6, 6.07) is 7.74. The largest absolute Gasteiger partial charge is 0.481 e. The highest BCUT2D eigenvalue weighted by molar-refractivity contribution is 5.89. The van der Waals surface area contributed by atoms with Crippen LogP contribution in [0.4, 0.5) is 0 Å². The molecule has 1 saturated heterocycles. The van der Waals surface area contributed by atoms with Crippen LogP contribution in [0.1, 0.15) is 12.0 Å². The number of nitrogens with one attached hydrogen (secondary N) is 1. The number of para-hydroxylation sites is 1. The maximum Gasteiger partial charge on any atom is 0.226 e. The molecule has 1 fully saturated rings. The lowest BCUT2D eigenvalue weighted by Gasteiger charge is -2.09. The molecule has 1 unspecified atom stereocenters. The van der Waals surface area contributed by atoms with E-state index in [1.54, 1.807) is 11.9 Å². The number of nitrogens with zero attached hydrogens (tertiary/aromatic N) is 1. The number of ether oxygens (including phenoxy) is 1. The van der Waals surface area contributed by atoms with Crippen LogP contribution in [0.5, 0.6) is 5.75 Å². The van der Waals surface area contributed by atoms with Gasteiger partial charge in [0.05, 0.1) is 12.5 Å². The van der Waals surface area contributed by atoms with Crippen molar-refractivity contribution in [2.24, 2.45) is 5.92 Å². The second kappa shape index (κ2) is 7.51. The van der Waals surface area contributed by atoms with Crippen molar-refractivity contribution < 1.29 is 14.3 Å². The number of hydrogen-bond acceptors (Lipinski definition) is 3. The molecule has 0 saturated carbocycles. The van der Waals surface area contributed by atoms with E-state index in [9.17, 15) is 9.59 Å². The molecule has 2 rings (SSSR count). The van der Waals surface area contributed by atoms with Crippen LogP contribution in [-0.2, 0) is 9.59 Å². The molecular weight excluding hydrogens is 280 g/mol. The summed E-state index contributed by atoms with van der Waals surface area (Å²) in [5.41, 5.74) is 1.06. The van der Waals surface area contributed by atoms with E-state index in [4.69, 9.17) is 4.74 Å². The molecule has 0 aromatic heterocycles. The normalized spacial score (nSPS) is 16.9. The van der Waals surface area contributed by atoms with Crippen LogP contribution >= 0.6 is 0 Å². The van der Waals surface area contributed by atoms with Gasteiger partial charge in [0.1, 0.15) is 12.4 Å². The maximum absolute atomic E-state index is 11.8. The Morgan fingerprint density at radius 3 is 2.86 bits per heavy atom. The van der Waals surface area contributed by atoms with Gasteiger partial charge in [-0.3, -0.25) is 9.59 Å². The van der Waals surface area contributed by atoms with Crippen molar-refractivity contribution in [3.05, 3.63) is 29.8 Å². The molecule has 0 radical (unpaired) electrons. The van der Waals surface area contributed by atoms with Crippen LogP contribution in [-0.4, -0.2) is 43.5 Å². The molecule has 2 amide bonds. The molecule has 1 aliphatic heterocycles. The number of likely N-dealkylation sites (tertiary alicyclic amines) is 1. The van der Waals surface area contributed by atoms with Crippen LogP contribution in [0.3, 0.4) is 0 Å². The van der Waals surface area contributed by atoms with Gasteiger partial charge in [-0.15, -0.1) is 0 Å². The number of carbonyl (C=O) groups excluding carboxylic acids is 2. The van der Waals surface area contributed by atoms with Gasteiger partial charge in [-0.1, -0.05) is 30.0 Å². The summed E-state index contributed by atoms with van der Waals surface area (Å²) in [5, 5.41) is 2.73. The zero-order valence-electron chi connectivity index (χ0n) is 12.9. The molecule has 1 aliphatic rings. The monoisotopic (exact) mass is 300 g/mol. The predicted octanol–water partition coefficient (Wildman–Crippen LogP) is 0.972. The molecule has 1 aromatic rings. The number of carbonyl (C=O) groups is 2. The average molecular weight is 300 g/mol. The van der Waals surface area contributed by atoms with Crippen LogP contribution in [0.2, 0.25) is 0 Å². The Balaban J connectivity index is 1.68. The quantitative estimate of drug-likeness (QED) is 0.843. The fourth-order valence-corrected chi connectivity index (χ4v) is 2.26. The first kappa shape index (κ1) is 15.9. The fourth-order valence-electron chi connectivity index (χ4n) is 2.26. The van der Waals surface area contributed by atoms with Gasteiger partial charge in [0.25, 0.3) is 0 Å². The predicted molar refractivity (Wildman–Crippen MR) is 83.2 cm³/mol. The number of aryl methyl sites for hydroxylation is 1. The highest BCUT2D eigenvalue weighted by atomic mass is 16.5. The first-order valence-corrected chi connectivity index (χ1v) is 7.23. The van der Waals surface area contributed by atoms with E-state index in [1.807, 2.05) is 31.2 Å². The van der Waals surface area contributed by atoms with Crippen LogP contribution in [0.25, 0.3) is 0 Å². The molecule has 5 heteroatoms. The summed E-state index contributed by atoms with van der Waals surface area (Å²) in [6.07, 6.45) is 0.284. The highest BCUT2D eigenvalue weighted by Crippen LogP contribution is 2.16. The average Bonchev–Trinajstić information content (AvgIpc) is 2.84. The van der Waals surface area contributed by atoms with Gasteiger partial charge in [-0.2, -0.15) is 0 Å². The zero-order chi connectivity index (χ0) is 15.9. The Bertz CT molecular complexity index is 616. The Kier molecular flexibility index (Phi) is 5.42. The molecule has 1 aromatic carbocycles. The maximum atomic E-state index is 11.8. The first-order valence-electron chi connectivity index (χ1n) is 7.23. The van der Waals surface area contributed by atoms with E-state index < -0.39 is 0 Å². The van der Waals surface area contributed by atoms with E-state index in [2.05, 4.69) is 17.2 Å². The third-order valence-corrected chi connectivity index (χ3v) is 3.58. The number of amides is 2. The molecule has 0 spiro atoms. The Morgan fingerprint density at radius 2 is 2.18 bits per heavy atom. The van der Waals surface area contributed by atoms with Gasteiger partial charge in [0.15, 0.2) is 0 Å². The smallest absolute Gasteiger partial charge is 0.226 e. The van der Waals surface area contributed by atoms with Crippen molar-refractivity contribution in [1.82, 2.24) is 10.2 Å². The first-order chi connectivity index (χ1) is 10.6. The molecule has 1 heterocycles. The molecule has 5 nitrogen and oxygen atoms in total. The van der Waals surface area contributed by atoms with Gasteiger partial charge < -0.3 is 15.0 Å². The molecular formula is C17H20N2O3. The van der Waals surface area contributed by atoms with Crippen molar-refractivity contribution in [3.8, 4) is 17.6 Å². The number of rotatable bonds is 4. The molecule has 0 aliphatic carbocycles. The summed E-state index contributed by atoms with van der Waals surface area (Å²) in [4.78, 5) is 24.8. The Hall–Kier alpha value is -2.48. The van der Waals surface area contributed by atoms with E-state index in [1.165, 1.54) is 0 Å². The van der Waals surface area contributed by atoms with E-state index in [0.717, 1.165) is 11.3 Å². The molecule has 116 valence electrons. The summed E-state index contributed by atoms with van der Waals surface area (Å²) in [6.45, 7) is 3.01. The summed E-state index contributed by atoms with van der Waals surface area (Å²) in [5.74, 6) is 6.15. The molecule has 22 heavy (non-hydrogen) atoms. The van der Waals surface area contributed by atoms with E-state index in [0.29, 0.717) is 6.54 Å². The minimum atomic E-state index is -0.262.